The van der Waals surface area contributed by atoms with Gasteiger partial charge in [0.05, 0.1) is 10.0 Å². The molecular formula is C17H25Cl2NS. The Hall–Kier alpha value is 0.110. The number of hydrogen-bond acceptors (Lipinski definition) is 2. The van der Waals surface area contributed by atoms with E-state index in [1.807, 2.05) is 23.9 Å². The van der Waals surface area contributed by atoms with Crippen LogP contribution >= 0.6 is 35.0 Å². The van der Waals surface area contributed by atoms with Crippen molar-refractivity contribution in [2.24, 2.45) is 23.0 Å². The van der Waals surface area contributed by atoms with Crippen LogP contribution in [-0.4, -0.2) is 11.8 Å². The first-order valence-corrected chi connectivity index (χ1v) is 9.26. The third kappa shape index (κ3) is 4.54. The zero-order valence-electron chi connectivity index (χ0n) is 13.0. The predicted octanol–water partition coefficient (Wildman–Crippen LogP) is 5.88. The normalized spacial score (nSPS) is 26.9. The molecule has 0 spiro atoms. The molecule has 118 valence electrons. The first-order valence-electron chi connectivity index (χ1n) is 7.63. The zero-order chi connectivity index (χ0) is 15.6. The van der Waals surface area contributed by atoms with Crippen LogP contribution in [0.15, 0.2) is 23.1 Å². The van der Waals surface area contributed by atoms with E-state index in [1.54, 1.807) is 0 Å². The van der Waals surface area contributed by atoms with Crippen molar-refractivity contribution in [3.8, 4) is 0 Å². The standard InChI is InChI=1S/C17H25Cl2NS/c1-17(2,3)12-5-4-11(10-20)16(8-12)21-13-6-7-14(18)15(19)9-13/h6-7,9,11-12,16H,4-5,8,10,20H2,1-3H3. The molecular weight excluding hydrogens is 321 g/mol. The first-order chi connectivity index (χ1) is 9.81. The topological polar surface area (TPSA) is 26.0 Å². The summed E-state index contributed by atoms with van der Waals surface area (Å²) < 4.78 is 0. The largest absolute Gasteiger partial charge is 0.330 e. The summed E-state index contributed by atoms with van der Waals surface area (Å²) in [5.74, 6) is 1.36. The highest BCUT2D eigenvalue weighted by atomic mass is 35.5. The lowest BCUT2D eigenvalue weighted by Crippen LogP contribution is -2.36. The van der Waals surface area contributed by atoms with E-state index in [9.17, 15) is 0 Å². The number of nitrogens with two attached hydrogens (primary N) is 1. The molecule has 0 radical (unpaired) electrons. The molecule has 0 saturated heterocycles. The molecule has 0 aromatic heterocycles. The molecule has 1 aliphatic rings. The molecule has 1 fully saturated rings. The van der Waals surface area contributed by atoms with E-state index in [2.05, 4.69) is 26.8 Å². The Bertz CT molecular complexity index is 484. The van der Waals surface area contributed by atoms with Gasteiger partial charge in [0.15, 0.2) is 0 Å². The Balaban J connectivity index is 2.12. The molecule has 2 N–H and O–H groups in total. The average Bonchev–Trinajstić information content (AvgIpc) is 2.42. The van der Waals surface area contributed by atoms with Gasteiger partial charge in [-0.15, -0.1) is 11.8 Å². The van der Waals surface area contributed by atoms with Gasteiger partial charge in [-0.3, -0.25) is 0 Å². The second kappa shape index (κ2) is 7.12. The molecule has 1 saturated carbocycles. The van der Waals surface area contributed by atoms with Gasteiger partial charge in [-0.25, -0.2) is 0 Å². The summed E-state index contributed by atoms with van der Waals surface area (Å²) in [6.07, 6.45) is 3.76. The summed E-state index contributed by atoms with van der Waals surface area (Å²) in [5, 5.41) is 1.83. The fourth-order valence-electron chi connectivity index (χ4n) is 3.12. The second-order valence-corrected chi connectivity index (χ2v) is 9.23. The minimum Gasteiger partial charge on any atom is -0.330 e. The predicted molar refractivity (Wildman–Crippen MR) is 95.4 cm³/mol. The van der Waals surface area contributed by atoms with Crippen molar-refractivity contribution in [2.75, 3.05) is 6.54 Å². The fourth-order valence-corrected chi connectivity index (χ4v) is 4.93. The number of benzene rings is 1. The molecule has 1 aliphatic carbocycles. The Labute approximate surface area is 143 Å². The van der Waals surface area contributed by atoms with E-state index in [0.29, 0.717) is 26.6 Å². The lowest BCUT2D eigenvalue weighted by Gasteiger charge is -2.41. The van der Waals surface area contributed by atoms with Crippen LogP contribution in [0, 0.1) is 17.3 Å². The maximum absolute atomic E-state index is 6.13. The maximum atomic E-state index is 6.13. The minimum absolute atomic E-state index is 0.371. The van der Waals surface area contributed by atoms with E-state index < -0.39 is 0 Å². The second-order valence-electron chi connectivity index (χ2n) is 7.10. The monoisotopic (exact) mass is 345 g/mol. The zero-order valence-corrected chi connectivity index (χ0v) is 15.4. The van der Waals surface area contributed by atoms with E-state index >= 15 is 0 Å². The van der Waals surface area contributed by atoms with Gasteiger partial charge in [0.2, 0.25) is 0 Å². The molecule has 0 amide bonds. The van der Waals surface area contributed by atoms with Crippen molar-refractivity contribution in [2.45, 2.75) is 50.2 Å². The average molecular weight is 346 g/mol. The van der Waals surface area contributed by atoms with E-state index in [-0.39, 0.29) is 0 Å². The smallest absolute Gasteiger partial charge is 0.0603 e. The molecule has 1 aromatic carbocycles. The molecule has 0 aliphatic heterocycles. The minimum atomic E-state index is 0.371. The summed E-state index contributed by atoms with van der Waals surface area (Å²) in [6, 6.07) is 5.92. The molecule has 21 heavy (non-hydrogen) atoms. The highest BCUT2D eigenvalue weighted by Crippen LogP contribution is 2.45. The molecule has 4 heteroatoms. The molecule has 2 rings (SSSR count). The molecule has 3 unspecified atom stereocenters. The number of rotatable bonds is 3. The van der Waals surface area contributed by atoms with E-state index in [4.69, 9.17) is 28.9 Å². The summed E-state index contributed by atoms with van der Waals surface area (Å²) in [5.41, 5.74) is 6.37. The van der Waals surface area contributed by atoms with Gasteiger partial charge in [0, 0.05) is 10.1 Å². The molecule has 0 bridgehead atoms. The summed E-state index contributed by atoms with van der Waals surface area (Å²) in [7, 11) is 0. The van der Waals surface area contributed by atoms with Gasteiger partial charge >= 0.3 is 0 Å². The van der Waals surface area contributed by atoms with Gasteiger partial charge in [0.25, 0.3) is 0 Å². The molecule has 1 nitrogen and oxygen atoms in total. The molecule has 0 heterocycles. The van der Waals surface area contributed by atoms with E-state index in [0.717, 1.165) is 12.5 Å². The summed E-state index contributed by atoms with van der Waals surface area (Å²) in [4.78, 5) is 1.20. The molecule has 1 aromatic rings. The van der Waals surface area contributed by atoms with E-state index in [1.165, 1.54) is 24.2 Å². The van der Waals surface area contributed by atoms with Gasteiger partial charge in [-0.1, -0.05) is 44.0 Å². The third-order valence-electron chi connectivity index (χ3n) is 4.63. The van der Waals surface area contributed by atoms with Crippen LogP contribution in [0.25, 0.3) is 0 Å². The van der Waals surface area contributed by atoms with Crippen molar-refractivity contribution >= 4 is 35.0 Å². The fraction of sp³-hybridized carbons (Fsp3) is 0.647. The van der Waals surface area contributed by atoms with Gasteiger partial charge < -0.3 is 5.73 Å². The van der Waals surface area contributed by atoms with Gasteiger partial charge in [-0.05, 0) is 61.3 Å². The maximum Gasteiger partial charge on any atom is 0.0603 e. The number of thioether (sulfide) groups is 1. The van der Waals surface area contributed by atoms with Crippen molar-refractivity contribution in [1.29, 1.82) is 0 Å². The van der Waals surface area contributed by atoms with Crippen molar-refractivity contribution in [3.05, 3.63) is 28.2 Å². The van der Waals surface area contributed by atoms with Crippen LogP contribution in [0.3, 0.4) is 0 Å². The SMILES string of the molecule is CC(C)(C)C1CCC(CN)C(Sc2ccc(Cl)c(Cl)c2)C1. The Morgan fingerprint density at radius 1 is 1.19 bits per heavy atom. The molecule has 3 atom stereocenters. The lowest BCUT2D eigenvalue weighted by atomic mass is 9.69. The highest BCUT2D eigenvalue weighted by Gasteiger charge is 2.35. The van der Waals surface area contributed by atoms with Crippen LogP contribution in [0.1, 0.15) is 40.0 Å². The van der Waals surface area contributed by atoms with Crippen LogP contribution in [0.5, 0.6) is 0 Å². The lowest BCUT2D eigenvalue weighted by molar-refractivity contribution is 0.157. The van der Waals surface area contributed by atoms with Crippen LogP contribution in [-0.2, 0) is 0 Å². The van der Waals surface area contributed by atoms with Crippen LogP contribution in [0.4, 0.5) is 0 Å². The quantitative estimate of drug-likeness (QED) is 0.740. The Morgan fingerprint density at radius 3 is 2.48 bits per heavy atom. The highest BCUT2D eigenvalue weighted by molar-refractivity contribution is 8.00. The van der Waals surface area contributed by atoms with Gasteiger partial charge in [0.1, 0.15) is 0 Å². The van der Waals surface area contributed by atoms with Crippen LogP contribution in [0.2, 0.25) is 10.0 Å². The van der Waals surface area contributed by atoms with Gasteiger partial charge in [-0.2, -0.15) is 0 Å². The Kier molecular flexibility index (Phi) is 5.92. The summed E-state index contributed by atoms with van der Waals surface area (Å²) >= 11 is 14.1. The number of hydrogen-bond donors (Lipinski definition) is 1. The third-order valence-corrected chi connectivity index (χ3v) is 6.78. The van der Waals surface area contributed by atoms with Crippen molar-refractivity contribution in [3.63, 3.8) is 0 Å². The number of halogens is 2. The van der Waals surface area contributed by atoms with Crippen molar-refractivity contribution in [1.82, 2.24) is 0 Å². The summed E-state index contributed by atoms with van der Waals surface area (Å²) in [6.45, 7) is 7.82. The van der Waals surface area contributed by atoms with Crippen LogP contribution < -0.4 is 5.73 Å². The Morgan fingerprint density at radius 2 is 1.90 bits per heavy atom. The van der Waals surface area contributed by atoms with Crippen molar-refractivity contribution < 1.29 is 0 Å². The first kappa shape index (κ1) is 17.5.